The molecule has 0 radical (unpaired) electrons. The molecule has 5 nitrogen and oxygen atoms in total. The largest absolute Gasteiger partial charge is 0.325 e. The van der Waals surface area contributed by atoms with Crippen molar-refractivity contribution < 1.29 is 13.2 Å². The number of carbonyl (C=O) groups is 1. The fourth-order valence-corrected chi connectivity index (χ4v) is 4.99. The maximum absolute atomic E-state index is 13.5. The molecular weight excluding hydrogens is 420 g/mol. The first kappa shape index (κ1) is 23.5. The van der Waals surface area contributed by atoms with Gasteiger partial charge in [0.05, 0.1) is 10.6 Å². The summed E-state index contributed by atoms with van der Waals surface area (Å²) in [6.45, 7) is 9.57. The summed E-state index contributed by atoms with van der Waals surface area (Å²) < 4.78 is 28.3. The minimum atomic E-state index is -3.94. The third-order valence-corrected chi connectivity index (χ3v) is 7.15. The first-order valence-corrected chi connectivity index (χ1v) is 12.1. The number of carbonyl (C=O) groups excluding carboxylic acids is 1. The second-order valence-corrected chi connectivity index (χ2v) is 10.3. The summed E-state index contributed by atoms with van der Waals surface area (Å²) in [4.78, 5) is 13.1. The highest BCUT2D eigenvalue weighted by molar-refractivity contribution is 7.92. The maximum atomic E-state index is 13.5. The van der Waals surface area contributed by atoms with Crippen LogP contribution in [0.3, 0.4) is 0 Å². The maximum Gasteiger partial charge on any atom is 0.264 e. The number of amides is 1. The lowest BCUT2D eigenvalue weighted by molar-refractivity contribution is -0.114. The molecule has 0 aliphatic carbocycles. The van der Waals surface area contributed by atoms with Crippen molar-refractivity contribution in [1.82, 2.24) is 0 Å². The number of nitrogens with one attached hydrogen (secondary N) is 1. The Morgan fingerprint density at radius 3 is 2.03 bits per heavy atom. The first-order chi connectivity index (χ1) is 15.1. The van der Waals surface area contributed by atoms with E-state index in [9.17, 15) is 13.2 Å². The third kappa shape index (κ3) is 5.37. The molecule has 1 N–H and O–H groups in total. The number of benzene rings is 3. The Morgan fingerprint density at radius 2 is 1.47 bits per heavy atom. The van der Waals surface area contributed by atoms with E-state index < -0.39 is 15.9 Å². The molecule has 0 aliphatic rings. The van der Waals surface area contributed by atoms with Gasteiger partial charge in [-0.2, -0.15) is 0 Å². The van der Waals surface area contributed by atoms with Crippen LogP contribution in [-0.4, -0.2) is 20.9 Å². The summed E-state index contributed by atoms with van der Waals surface area (Å²) >= 11 is 0. The van der Waals surface area contributed by atoms with E-state index in [0.717, 1.165) is 16.7 Å². The summed E-state index contributed by atoms with van der Waals surface area (Å²) in [7, 11) is -3.94. The molecule has 0 saturated carbocycles. The fourth-order valence-electron chi connectivity index (χ4n) is 3.50. The topological polar surface area (TPSA) is 66.5 Å². The lowest BCUT2D eigenvalue weighted by Gasteiger charge is -2.26. The van der Waals surface area contributed by atoms with Gasteiger partial charge >= 0.3 is 0 Å². The van der Waals surface area contributed by atoms with Crippen molar-refractivity contribution in [1.29, 1.82) is 0 Å². The summed E-state index contributed by atoms with van der Waals surface area (Å²) in [5.41, 5.74) is 5.06. The average molecular weight is 451 g/mol. The van der Waals surface area contributed by atoms with Gasteiger partial charge in [-0.25, -0.2) is 8.42 Å². The van der Waals surface area contributed by atoms with E-state index in [2.05, 4.69) is 19.2 Å². The summed E-state index contributed by atoms with van der Waals surface area (Å²) in [5, 5.41) is 2.83. The molecule has 0 aromatic heterocycles. The van der Waals surface area contributed by atoms with Crippen molar-refractivity contribution in [3.63, 3.8) is 0 Å². The van der Waals surface area contributed by atoms with Gasteiger partial charge in [0.25, 0.3) is 10.0 Å². The number of hydrogen-bond acceptors (Lipinski definition) is 3. The first-order valence-electron chi connectivity index (χ1n) is 10.6. The Balaban J connectivity index is 1.93. The number of rotatable bonds is 7. The van der Waals surface area contributed by atoms with Crippen LogP contribution in [0.5, 0.6) is 0 Å². The molecule has 1 amide bonds. The normalized spacial score (nSPS) is 11.4. The minimum absolute atomic E-state index is 0.150. The van der Waals surface area contributed by atoms with Crippen LogP contribution in [0.25, 0.3) is 0 Å². The highest BCUT2D eigenvalue weighted by Crippen LogP contribution is 2.28. The van der Waals surface area contributed by atoms with Gasteiger partial charge in [-0.05, 0) is 68.1 Å². The number of anilines is 2. The van der Waals surface area contributed by atoms with E-state index >= 15 is 0 Å². The molecule has 0 bridgehead atoms. The van der Waals surface area contributed by atoms with Crippen molar-refractivity contribution in [3.05, 3.63) is 89.0 Å². The molecule has 3 rings (SSSR count). The molecule has 0 aliphatic heterocycles. The van der Waals surface area contributed by atoms with E-state index in [0.29, 0.717) is 17.3 Å². The molecule has 3 aromatic rings. The van der Waals surface area contributed by atoms with Crippen LogP contribution in [-0.2, 0) is 14.8 Å². The zero-order valence-corrected chi connectivity index (χ0v) is 20.0. The van der Waals surface area contributed by atoms with Crippen LogP contribution in [0.4, 0.5) is 11.4 Å². The van der Waals surface area contributed by atoms with Gasteiger partial charge in [0.1, 0.15) is 6.54 Å². The molecule has 3 aromatic carbocycles. The van der Waals surface area contributed by atoms with E-state index in [1.807, 2.05) is 57.2 Å². The van der Waals surface area contributed by atoms with Crippen LogP contribution in [0.1, 0.15) is 42.0 Å². The van der Waals surface area contributed by atoms with Crippen LogP contribution in [0.2, 0.25) is 0 Å². The Morgan fingerprint density at radius 1 is 0.875 bits per heavy atom. The van der Waals surface area contributed by atoms with Gasteiger partial charge in [0, 0.05) is 5.69 Å². The van der Waals surface area contributed by atoms with E-state index in [-0.39, 0.29) is 11.4 Å². The SMILES string of the molecule is Cc1ccc(S(=O)(=O)N(CC(=O)Nc2ccc(C(C)C)cc2)c2ccc(C)cc2C)cc1. The molecule has 0 fully saturated rings. The van der Waals surface area contributed by atoms with Gasteiger partial charge in [0.15, 0.2) is 0 Å². The molecule has 0 unspecified atom stereocenters. The van der Waals surface area contributed by atoms with Crippen LogP contribution in [0.15, 0.2) is 71.6 Å². The van der Waals surface area contributed by atoms with Gasteiger partial charge < -0.3 is 5.32 Å². The quantitative estimate of drug-likeness (QED) is 0.512. The Kier molecular flexibility index (Phi) is 7.04. The zero-order valence-electron chi connectivity index (χ0n) is 19.2. The van der Waals surface area contributed by atoms with E-state index in [1.165, 1.54) is 9.87 Å². The predicted octanol–water partition coefficient (Wildman–Crippen LogP) is 5.57. The molecule has 0 spiro atoms. The van der Waals surface area contributed by atoms with Gasteiger partial charge in [-0.15, -0.1) is 0 Å². The summed E-state index contributed by atoms with van der Waals surface area (Å²) in [6, 6.07) is 19.8. The standard InChI is InChI=1S/C26H30N2O3S/c1-18(2)22-9-11-23(12-10-22)27-26(29)17-28(25-15-8-20(4)16-21(25)5)32(30,31)24-13-6-19(3)7-14-24/h6-16,18H,17H2,1-5H3,(H,27,29). The van der Waals surface area contributed by atoms with Crippen molar-refractivity contribution in [2.75, 3.05) is 16.2 Å². The molecule has 0 saturated heterocycles. The lowest BCUT2D eigenvalue weighted by atomic mass is 10.0. The Bertz CT molecular complexity index is 1200. The van der Waals surface area contributed by atoms with Crippen LogP contribution < -0.4 is 9.62 Å². The minimum Gasteiger partial charge on any atom is -0.325 e. The molecule has 0 atom stereocenters. The number of aryl methyl sites for hydroxylation is 3. The highest BCUT2D eigenvalue weighted by atomic mass is 32.2. The van der Waals surface area contributed by atoms with Gasteiger partial charge in [-0.3, -0.25) is 9.10 Å². The number of hydrogen-bond donors (Lipinski definition) is 1. The number of sulfonamides is 1. The van der Waals surface area contributed by atoms with Crippen molar-refractivity contribution in [2.45, 2.75) is 45.4 Å². The third-order valence-electron chi connectivity index (χ3n) is 5.38. The Labute approximate surface area is 191 Å². The molecule has 32 heavy (non-hydrogen) atoms. The van der Waals surface area contributed by atoms with E-state index in [4.69, 9.17) is 0 Å². The second-order valence-electron chi connectivity index (χ2n) is 8.44. The smallest absolute Gasteiger partial charge is 0.264 e. The van der Waals surface area contributed by atoms with E-state index in [1.54, 1.807) is 30.3 Å². The fraction of sp³-hybridized carbons (Fsp3) is 0.269. The monoisotopic (exact) mass is 450 g/mol. The predicted molar refractivity (Wildman–Crippen MR) is 131 cm³/mol. The van der Waals surface area contributed by atoms with Crippen molar-refractivity contribution in [3.8, 4) is 0 Å². The lowest BCUT2D eigenvalue weighted by Crippen LogP contribution is -2.38. The Hall–Kier alpha value is -3.12. The molecular formula is C26H30N2O3S. The molecule has 0 heterocycles. The summed E-state index contributed by atoms with van der Waals surface area (Å²) in [5.74, 6) is -0.0163. The van der Waals surface area contributed by atoms with Crippen LogP contribution >= 0.6 is 0 Å². The summed E-state index contributed by atoms with van der Waals surface area (Å²) in [6.07, 6.45) is 0. The second kappa shape index (κ2) is 9.57. The molecule has 6 heteroatoms. The van der Waals surface area contributed by atoms with Crippen LogP contribution in [0, 0.1) is 20.8 Å². The van der Waals surface area contributed by atoms with Crippen molar-refractivity contribution >= 4 is 27.3 Å². The van der Waals surface area contributed by atoms with Gasteiger partial charge in [-0.1, -0.05) is 61.4 Å². The average Bonchev–Trinajstić information content (AvgIpc) is 2.73. The highest BCUT2D eigenvalue weighted by Gasteiger charge is 2.28. The number of nitrogens with zero attached hydrogens (tertiary/aromatic N) is 1. The van der Waals surface area contributed by atoms with Crippen molar-refractivity contribution in [2.24, 2.45) is 0 Å². The van der Waals surface area contributed by atoms with Gasteiger partial charge in [0.2, 0.25) is 5.91 Å². The molecule has 168 valence electrons. The zero-order chi connectivity index (χ0) is 23.5.